The first-order valence-electron chi connectivity index (χ1n) is 4.62. The highest BCUT2D eigenvalue weighted by atomic mass is 16.5. The Balaban J connectivity index is 0.000000281. The molecule has 1 spiro atoms. The molecule has 0 aliphatic carbocycles. The molecule has 1 unspecified atom stereocenters. The van der Waals surface area contributed by atoms with Crippen LogP contribution in [0.3, 0.4) is 0 Å². The fourth-order valence-corrected chi connectivity index (χ4v) is 1.68. The topological polar surface area (TPSA) is 21.3 Å². The maximum Gasteiger partial charge on any atom is 0.0560 e. The summed E-state index contributed by atoms with van der Waals surface area (Å²) in [4.78, 5) is 0. The van der Waals surface area contributed by atoms with E-state index in [1.54, 1.807) is 0 Å². The molecule has 0 aromatic rings. The molecule has 2 rings (SSSR count). The van der Waals surface area contributed by atoms with E-state index in [1.165, 1.54) is 13.1 Å². The van der Waals surface area contributed by atoms with Gasteiger partial charge < -0.3 is 10.1 Å². The Bertz CT molecular complexity index is 121. The average Bonchev–Trinajstić information content (AvgIpc) is 2.34. The largest absolute Gasteiger partial charge is 0.380 e. The van der Waals surface area contributed by atoms with Crippen molar-refractivity contribution in [3.63, 3.8) is 0 Å². The minimum absolute atomic E-state index is 0.542. The second-order valence-corrected chi connectivity index (χ2v) is 3.39. The third-order valence-electron chi connectivity index (χ3n) is 2.75. The molecule has 2 fully saturated rings. The lowest BCUT2D eigenvalue weighted by molar-refractivity contribution is -0.121. The quantitative estimate of drug-likeness (QED) is 0.571. The van der Waals surface area contributed by atoms with Crippen LogP contribution in [0.2, 0.25) is 0 Å². The minimum Gasteiger partial charge on any atom is -0.380 e. The highest BCUT2D eigenvalue weighted by Gasteiger charge is 2.46. The Morgan fingerprint density at radius 2 is 2.00 bits per heavy atom. The van der Waals surface area contributed by atoms with Gasteiger partial charge in [-0.25, -0.2) is 0 Å². The Hall–Kier alpha value is -0.0800. The first kappa shape index (κ1) is 9.01. The van der Waals surface area contributed by atoms with Crippen LogP contribution in [0.5, 0.6) is 0 Å². The van der Waals surface area contributed by atoms with Crippen LogP contribution in [-0.4, -0.2) is 26.3 Å². The van der Waals surface area contributed by atoms with Gasteiger partial charge in [0.2, 0.25) is 0 Å². The molecule has 0 saturated carbocycles. The van der Waals surface area contributed by atoms with Crippen molar-refractivity contribution in [3.05, 3.63) is 0 Å². The van der Waals surface area contributed by atoms with E-state index >= 15 is 0 Å². The van der Waals surface area contributed by atoms with Crippen LogP contribution in [0.1, 0.15) is 20.8 Å². The van der Waals surface area contributed by atoms with E-state index in [-0.39, 0.29) is 0 Å². The van der Waals surface area contributed by atoms with Gasteiger partial charge in [-0.15, -0.1) is 0 Å². The zero-order chi connectivity index (χ0) is 8.32. The van der Waals surface area contributed by atoms with E-state index in [1.807, 2.05) is 13.8 Å². The summed E-state index contributed by atoms with van der Waals surface area (Å²) in [6.45, 7) is 10.6. The molecule has 2 nitrogen and oxygen atoms in total. The molecule has 0 aromatic carbocycles. The van der Waals surface area contributed by atoms with Gasteiger partial charge in [-0.1, -0.05) is 20.8 Å². The number of ether oxygens (including phenoxy) is 1. The maximum atomic E-state index is 5.19. The van der Waals surface area contributed by atoms with Crippen LogP contribution in [0, 0.1) is 11.3 Å². The van der Waals surface area contributed by atoms with E-state index in [0.29, 0.717) is 5.41 Å². The van der Waals surface area contributed by atoms with E-state index in [2.05, 4.69) is 12.2 Å². The van der Waals surface area contributed by atoms with Crippen LogP contribution in [0.15, 0.2) is 0 Å². The molecular formula is C9H19NO. The lowest BCUT2D eigenvalue weighted by Crippen LogP contribution is -2.47. The predicted octanol–water partition coefficient (Wildman–Crippen LogP) is 1.27. The van der Waals surface area contributed by atoms with E-state index < -0.39 is 0 Å². The summed E-state index contributed by atoms with van der Waals surface area (Å²) in [7, 11) is 0. The second-order valence-electron chi connectivity index (χ2n) is 3.39. The summed E-state index contributed by atoms with van der Waals surface area (Å²) >= 11 is 0. The summed E-state index contributed by atoms with van der Waals surface area (Å²) in [5.74, 6) is 0.825. The van der Waals surface area contributed by atoms with Crippen LogP contribution in [0.25, 0.3) is 0 Å². The molecular weight excluding hydrogens is 138 g/mol. The maximum absolute atomic E-state index is 5.19. The first-order valence-corrected chi connectivity index (χ1v) is 4.62. The minimum atomic E-state index is 0.542. The van der Waals surface area contributed by atoms with Gasteiger partial charge in [-0.05, 0) is 12.5 Å². The predicted molar refractivity (Wildman–Crippen MR) is 46.6 cm³/mol. The lowest BCUT2D eigenvalue weighted by atomic mass is 9.77. The zero-order valence-electron chi connectivity index (χ0n) is 7.81. The third-order valence-corrected chi connectivity index (χ3v) is 2.75. The van der Waals surface area contributed by atoms with Crippen molar-refractivity contribution in [3.8, 4) is 0 Å². The molecule has 0 radical (unpaired) electrons. The Labute approximate surface area is 69.3 Å². The van der Waals surface area contributed by atoms with E-state index in [0.717, 1.165) is 19.1 Å². The molecule has 0 bridgehead atoms. The molecule has 2 aliphatic rings. The molecule has 66 valence electrons. The Morgan fingerprint density at radius 3 is 2.18 bits per heavy atom. The van der Waals surface area contributed by atoms with Gasteiger partial charge in [-0.3, -0.25) is 0 Å². The van der Waals surface area contributed by atoms with Crippen molar-refractivity contribution in [1.82, 2.24) is 5.32 Å². The average molecular weight is 157 g/mol. The van der Waals surface area contributed by atoms with E-state index in [9.17, 15) is 0 Å². The fraction of sp³-hybridized carbons (Fsp3) is 1.00. The summed E-state index contributed by atoms with van der Waals surface area (Å²) in [6.07, 6.45) is 0. The van der Waals surface area contributed by atoms with Crippen molar-refractivity contribution in [2.45, 2.75) is 20.8 Å². The molecule has 1 N–H and O–H groups in total. The van der Waals surface area contributed by atoms with Gasteiger partial charge >= 0.3 is 0 Å². The van der Waals surface area contributed by atoms with Gasteiger partial charge in [0.25, 0.3) is 0 Å². The molecule has 0 amide bonds. The van der Waals surface area contributed by atoms with Gasteiger partial charge in [0.1, 0.15) is 0 Å². The molecule has 0 aromatic heterocycles. The Morgan fingerprint density at radius 1 is 1.36 bits per heavy atom. The zero-order valence-corrected chi connectivity index (χ0v) is 7.81. The van der Waals surface area contributed by atoms with Crippen molar-refractivity contribution in [2.24, 2.45) is 11.3 Å². The van der Waals surface area contributed by atoms with Gasteiger partial charge in [0, 0.05) is 12.0 Å². The number of rotatable bonds is 0. The van der Waals surface area contributed by atoms with Gasteiger partial charge in [-0.2, -0.15) is 0 Å². The molecule has 11 heavy (non-hydrogen) atoms. The summed E-state index contributed by atoms with van der Waals surface area (Å²) in [5, 5.41) is 3.38. The highest BCUT2D eigenvalue weighted by Crippen LogP contribution is 2.37. The molecule has 1 atom stereocenters. The number of hydrogen-bond donors (Lipinski definition) is 1. The fourth-order valence-electron chi connectivity index (χ4n) is 1.68. The number of hydrogen-bond acceptors (Lipinski definition) is 2. The monoisotopic (exact) mass is 157 g/mol. The normalized spacial score (nSPS) is 32.5. The third kappa shape index (κ3) is 1.42. The molecule has 2 aliphatic heterocycles. The second kappa shape index (κ2) is 3.55. The van der Waals surface area contributed by atoms with Gasteiger partial charge in [0.05, 0.1) is 13.2 Å². The summed E-state index contributed by atoms with van der Waals surface area (Å²) < 4.78 is 5.19. The van der Waals surface area contributed by atoms with Gasteiger partial charge in [0.15, 0.2) is 0 Å². The number of nitrogens with one attached hydrogen (secondary N) is 1. The van der Waals surface area contributed by atoms with E-state index in [4.69, 9.17) is 4.74 Å². The summed E-state index contributed by atoms with van der Waals surface area (Å²) in [5.41, 5.74) is 0.542. The van der Waals surface area contributed by atoms with Crippen molar-refractivity contribution in [2.75, 3.05) is 26.3 Å². The van der Waals surface area contributed by atoms with Crippen LogP contribution in [0.4, 0.5) is 0 Å². The van der Waals surface area contributed by atoms with Crippen LogP contribution in [-0.2, 0) is 4.74 Å². The Kier molecular flexibility index (Phi) is 2.90. The van der Waals surface area contributed by atoms with Crippen molar-refractivity contribution >= 4 is 0 Å². The van der Waals surface area contributed by atoms with Crippen LogP contribution >= 0.6 is 0 Å². The molecule has 2 heteroatoms. The smallest absolute Gasteiger partial charge is 0.0560 e. The molecule has 2 heterocycles. The summed E-state index contributed by atoms with van der Waals surface area (Å²) in [6, 6.07) is 0. The van der Waals surface area contributed by atoms with Crippen molar-refractivity contribution in [1.29, 1.82) is 0 Å². The highest BCUT2D eigenvalue weighted by molar-refractivity contribution is 4.97. The SMILES string of the molecule is CC.CC1CNCC12COC2. The standard InChI is InChI=1S/C7H13NO.C2H6/c1-6-2-8-3-7(6)4-9-5-7;1-2/h6,8H,2-5H2,1H3;1-2H3. The lowest BCUT2D eigenvalue weighted by Gasteiger charge is -2.40. The van der Waals surface area contributed by atoms with Crippen molar-refractivity contribution < 1.29 is 4.74 Å². The first-order chi connectivity index (χ1) is 5.33. The van der Waals surface area contributed by atoms with Crippen LogP contribution < -0.4 is 5.32 Å². The molecule has 2 saturated heterocycles.